The van der Waals surface area contributed by atoms with Gasteiger partial charge in [-0.2, -0.15) is 0 Å². The van der Waals surface area contributed by atoms with Crippen molar-refractivity contribution in [2.24, 2.45) is 0 Å². The van der Waals surface area contributed by atoms with Gasteiger partial charge in [0.25, 0.3) is 0 Å². The van der Waals surface area contributed by atoms with Gasteiger partial charge in [-0.25, -0.2) is 4.98 Å². The molecule has 2 nitrogen and oxygen atoms in total. The van der Waals surface area contributed by atoms with E-state index in [-0.39, 0.29) is 0 Å². The third-order valence-corrected chi connectivity index (χ3v) is 2.37. The molecule has 0 unspecified atom stereocenters. The van der Waals surface area contributed by atoms with Gasteiger partial charge in [-0.3, -0.25) is 0 Å². The van der Waals surface area contributed by atoms with Gasteiger partial charge in [-0.05, 0) is 24.3 Å². The summed E-state index contributed by atoms with van der Waals surface area (Å²) in [6, 6.07) is 15.8. The van der Waals surface area contributed by atoms with E-state index in [2.05, 4.69) is 4.98 Å². The molecule has 1 aliphatic heterocycles. The summed E-state index contributed by atoms with van der Waals surface area (Å²) in [6.07, 6.45) is 1.74. The third kappa shape index (κ3) is 1.40. The highest BCUT2D eigenvalue weighted by Crippen LogP contribution is 2.25. The fourth-order valence-corrected chi connectivity index (χ4v) is 1.59. The molecule has 15 heavy (non-hydrogen) atoms. The molecule has 0 aromatic heterocycles. The normalized spacial score (nSPS) is 10.7. The Morgan fingerprint density at radius 2 is 1.60 bits per heavy atom. The predicted octanol–water partition coefficient (Wildman–Crippen LogP) is 3.45. The fraction of sp³-hybridized carbons (Fsp3) is 0. The second kappa shape index (κ2) is 3.24. The van der Waals surface area contributed by atoms with Gasteiger partial charge in [0.2, 0.25) is 5.89 Å². The van der Waals surface area contributed by atoms with Gasteiger partial charge in [-0.1, -0.05) is 24.3 Å². The number of aromatic nitrogens is 1. The quantitative estimate of drug-likeness (QED) is 0.594. The van der Waals surface area contributed by atoms with E-state index < -0.39 is 0 Å². The molecule has 1 aliphatic carbocycles. The van der Waals surface area contributed by atoms with E-state index in [1.165, 1.54) is 0 Å². The molecule has 2 heteroatoms. The van der Waals surface area contributed by atoms with E-state index in [0.29, 0.717) is 5.89 Å². The maximum atomic E-state index is 5.47. The van der Waals surface area contributed by atoms with Crippen LogP contribution in [0.15, 0.2) is 59.2 Å². The summed E-state index contributed by atoms with van der Waals surface area (Å²) in [5.74, 6) is 0.661. The smallest absolute Gasteiger partial charge is 0.226 e. The largest absolute Gasteiger partial charge is 0.445 e. The standard InChI is InChI=1S/C13H9NO/c1-2-5-10(6-3-1)13-14-12-8-4-7-11(12)9-15-13/h1-9H. The minimum absolute atomic E-state index is 0.661. The van der Waals surface area contributed by atoms with Crippen molar-refractivity contribution in [3.8, 4) is 22.7 Å². The van der Waals surface area contributed by atoms with Crippen molar-refractivity contribution in [3.05, 3.63) is 54.8 Å². The van der Waals surface area contributed by atoms with Crippen molar-refractivity contribution in [2.75, 3.05) is 0 Å². The molecule has 0 saturated heterocycles. The minimum Gasteiger partial charge on any atom is -0.445 e. The Hall–Kier alpha value is -2.09. The van der Waals surface area contributed by atoms with Crippen LogP contribution in [0.25, 0.3) is 22.7 Å². The predicted molar refractivity (Wildman–Crippen MR) is 58.6 cm³/mol. The second-order valence-corrected chi connectivity index (χ2v) is 3.39. The van der Waals surface area contributed by atoms with Crippen LogP contribution >= 0.6 is 0 Å². The van der Waals surface area contributed by atoms with Crippen molar-refractivity contribution in [2.45, 2.75) is 0 Å². The highest BCUT2D eigenvalue weighted by atomic mass is 16.3. The Labute approximate surface area is 87.5 Å². The number of fused-ring (bicyclic) bond motifs is 1. The third-order valence-electron chi connectivity index (χ3n) is 2.37. The average molecular weight is 195 g/mol. The zero-order chi connectivity index (χ0) is 10.1. The van der Waals surface area contributed by atoms with Gasteiger partial charge in [-0.15, -0.1) is 0 Å². The highest BCUT2D eigenvalue weighted by Gasteiger charge is 2.07. The molecule has 0 saturated carbocycles. The Bertz CT molecular complexity index is 542. The summed E-state index contributed by atoms with van der Waals surface area (Å²) >= 11 is 0. The lowest BCUT2D eigenvalue weighted by Gasteiger charge is -2.02. The molecule has 1 aromatic rings. The van der Waals surface area contributed by atoms with E-state index in [1.807, 2.05) is 48.5 Å². The van der Waals surface area contributed by atoms with Crippen LogP contribution in [0, 0.1) is 0 Å². The van der Waals surface area contributed by atoms with Gasteiger partial charge in [0, 0.05) is 11.1 Å². The van der Waals surface area contributed by atoms with E-state index in [4.69, 9.17) is 4.42 Å². The van der Waals surface area contributed by atoms with Crippen LogP contribution in [0.1, 0.15) is 0 Å². The number of hydrogen-bond acceptors (Lipinski definition) is 2. The molecule has 0 bridgehead atoms. The molecule has 0 fully saturated rings. The first-order valence-electron chi connectivity index (χ1n) is 4.83. The highest BCUT2D eigenvalue weighted by molar-refractivity contribution is 5.64. The lowest BCUT2D eigenvalue weighted by Crippen LogP contribution is -1.85. The monoisotopic (exact) mass is 195 g/mol. The summed E-state index contributed by atoms with van der Waals surface area (Å²) in [5.41, 5.74) is 3.01. The van der Waals surface area contributed by atoms with Crippen LogP contribution in [-0.4, -0.2) is 4.98 Å². The van der Waals surface area contributed by atoms with E-state index >= 15 is 0 Å². The van der Waals surface area contributed by atoms with Gasteiger partial charge in [0.15, 0.2) is 0 Å². The lowest BCUT2D eigenvalue weighted by molar-refractivity contribution is 0.548. The van der Waals surface area contributed by atoms with Crippen LogP contribution in [-0.2, 0) is 0 Å². The fourth-order valence-electron chi connectivity index (χ4n) is 1.59. The maximum absolute atomic E-state index is 5.47. The summed E-state index contributed by atoms with van der Waals surface area (Å²) in [6.45, 7) is 0. The minimum atomic E-state index is 0.661. The summed E-state index contributed by atoms with van der Waals surface area (Å²) in [7, 11) is 0. The van der Waals surface area contributed by atoms with Crippen molar-refractivity contribution >= 4 is 0 Å². The second-order valence-electron chi connectivity index (χ2n) is 3.39. The number of hydrogen-bond donors (Lipinski definition) is 0. The van der Waals surface area contributed by atoms with Crippen LogP contribution in [0.5, 0.6) is 0 Å². The Morgan fingerprint density at radius 1 is 0.800 bits per heavy atom. The van der Waals surface area contributed by atoms with Gasteiger partial charge in [0.05, 0.1) is 5.69 Å². The molecule has 0 spiro atoms. The average Bonchev–Trinajstić information content (AvgIpc) is 2.77. The summed E-state index contributed by atoms with van der Waals surface area (Å²) < 4.78 is 5.47. The molecule has 0 amide bonds. The Balaban J connectivity index is 2.17. The van der Waals surface area contributed by atoms with E-state index in [9.17, 15) is 0 Å². The molecule has 72 valence electrons. The van der Waals surface area contributed by atoms with Crippen LogP contribution in [0.2, 0.25) is 0 Å². The molecule has 0 radical (unpaired) electrons. The first kappa shape index (κ1) is 8.24. The SMILES string of the molecule is c1ccc(-c2nc3cccc-3co2)cc1. The Morgan fingerprint density at radius 3 is 2.47 bits per heavy atom. The molecule has 2 aliphatic rings. The molecule has 0 atom stereocenters. The van der Waals surface area contributed by atoms with Crippen LogP contribution in [0.3, 0.4) is 0 Å². The molecule has 1 aromatic carbocycles. The first-order valence-corrected chi connectivity index (χ1v) is 4.83. The maximum Gasteiger partial charge on any atom is 0.226 e. The molecule has 3 rings (SSSR count). The number of nitrogens with zero attached hydrogens (tertiary/aromatic N) is 1. The molecule has 0 N–H and O–H groups in total. The first-order chi connectivity index (χ1) is 7.43. The molecular weight excluding hydrogens is 186 g/mol. The van der Waals surface area contributed by atoms with Crippen LogP contribution in [0.4, 0.5) is 0 Å². The summed E-state index contributed by atoms with van der Waals surface area (Å²) in [4.78, 5) is 4.44. The van der Waals surface area contributed by atoms with Crippen molar-refractivity contribution in [1.82, 2.24) is 4.98 Å². The summed E-state index contributed by atoms with van der Waals surface area (Å²) in [5, 5.41) is 0. The number of rotatable bonds is 1. The van der Waals surface area contributed by atoms with Gasteiger partial charge in [0.1, 0.15) is 6.26 Å². The molecular formula is C13H9NO. The van der Waals surface area contributed by atoms with Crippen molar-refractivity contribution < 1.29 is 4.42 Å². The van der Waals surface area contributed by atoms with E-state index in [1.54, 1.807) is 6.26 Å². The molecule has 1 heterocycles. The van der Waals surface area contributed by atoms with Crippen molar-refractivity contribution in [1.29, 1.82) is 0 Å². The van der Waals surface area contributed by atoms with E-state index in [0.717, 1.165) is 16.8 Å². The van der Waals surface area contributed by atoms with Crippen LogP contribution < -0.4 is 0 Å². The number of benzene rings is 1. The van der Waals surface area contributed by atoms with Gasteiger partial charge >= 0.3 is 0 Å². The zero-order valence-corrected chi connectivity index (χ0v) is 8.05. The zero-order valence-electron chi connectivity index (χ0n) is 8.05. The topological polar surface area (TPSA) is 26.0 Å². The Kier molecular flexibility index (Phi) is 1.78. The van der Waals surface area contributed by atoms with Gasteiger partial charge < -0.3 is 4.42 Å². The lowest BCUT2D eigenvalue weighted by atomic mass is 10.2. The van der Waals surface area contributed by atoms with Crippen molar-refractivity contribution in [3.63, 3.8) is 0 Å².